The van der Waals surface area contributed by atoms with Crippen LogP contribution in [0.4, 0.5) is 0 Å². The van der Waals surface area contributed by atoms with Gasteiger partial charge >= 0.3 is 0 Å². The number of oxime groups is 1. The van der Waals surface area contributed by atoms with E-state index in [1.165, 1.54) is 5.56 Å². The largest absolute Gasteiger partial charge is 0.469 e. The van der Waals surface area contributed by atoms with E-state index in [4.69, 9.17) is 9.25 Å². The first kappa shape index (κ1) is 17.8. The molecule has 5 heteroatoms. The van der Waals surface area contributed by atoms with Gasteiger partial charge in [-0.2, -0.15) is 0 Å². The molecule has 1 saturated heterocycles. The van der Waals surface area contributed by atoms with Crippen molar-refractivity contribution in [1.82, 2.24) is 4.90 Å². The molecule has 5 nitrogen and oxygen atoms in total. The summed E-state index contributed by atoms with van der Waals surface area (Å²) < 4.78 is 5.44. The Balaban J connectivity index is 1.49. The summed E-state index contributed by atoms with van der Waals surface area (Å²) in [6.45, 7) is 7.21. The van der Waals surface area contributed by atoms with Gasteiger partial charge in [-0.05, 0) is 48.1 Å². The fourth-order valence-corrected chi connectivity index (χ4v) is 3.87. The molecule has 4 rings (SSSR count). The third-order valence-electron chi connectivity index (χ3n) is 5.47. The number of hydrogen-bond acceptors (Lipinski definition) is 4. The zero-order chi connectivity index (χ0) is 19.0. The number of hydrogen-bond donors (Lipinski definition) is 0. The third kappa shape index (κ3) is 3.51. The van der Waals surface area contributed by atoms with E-state index in [1.807, 2.05) is 41.3 Å². The van der Waals surface area contributed by atoms with Crippen molar-refractivity contribution in [2.45, 2.75) is 51.7 Å². The number of amides is 1. The second kappa shape index (κ2) is 6.87. The highest BCUT2D eigenvalue weighted by Gasteiger charge is 2.43. The smallest absolute Gasteiger partial charge is 0.256 e. The minimum Gasteiger partial charge on any atom is -0.469 e. The molecule has 0 radical (unpaired) electrons. The summed E-state index contributed by atoms with van der Waals surface area (Å²) >= 11 is 0. The summed E-state index contributed by atoms with van der Waals surface area (Å²) in [4.78, 5) is 20.6. The Morgan fingerprint density at radius 1 is 1.22 bits per heavy atom. The first-order chi connectivity index (χ1) is 12.9. The van der Waals surface area contributed by atoms with Gasteiger partial charge in [0.15, 0.2) is 0 Å². The Kier molecular flexibility index (Phi) is 4.54. The lowest BCUT2D eigenvalue weighted by molar-refractivity contribution is -0.0598. The Hall–Kier alpha value is -2.56. The van der Waals surface area contributed by atoms with Crippen molar-refractivity contribution >= 4 is 11.6 Å². The van der Waals surface area contributed by atoms with Crippen LogP contribution in [0.25, 0.3) is 0 Å². The maximum atomic E-state index is 13.1. The highest BCUT2D eigenvalue weighted by Crippen LogP contribution is 2.33. The lowest BCUT2D eigenvalue weighted by Crippen LogP contribution is -2.49. The number of likely N-dealkylation sites (tertiary alicyclic amines) is 1. The van der Waals surface area contributed by atoms with E-state index in [0.29, 0.717) is 18.5 Å². The number of fused-ring (bicyclic) bond motifs is 1. The van der Waals surface area contributed by atoms with Gasteiger partial charge in [-0.15, -0.1) is 0 Å². The van der Waals surface area contributed by atoms with E-state index >= 15 is 0 Å². The molecular weight excluding hydrogens is 340 g/mol. The van der Waals surface area contributed by atoms with Crippen LogP contribution >= 0.6 is 0 Å². The summed E-state index contributed by atoms with van der Waals surface area (Å²) in [5.74, 6) is 1.03. The first-order valence-corrected chi connectivity index (χ1v) is 9.60. The molecular formula is C22H26N2O3. The Labute approximate surface area is 160 Å². The Bertz CT molecular complexity index is 831. The van der Waals surface area contributed by atoms with E-state index < -0.39 is 0 Å². The summed E-state index contributed by atoms with van der Waals surface area (Å²) in [7, 11) is 0. The van der Waals surface area contributed by atoms with Gasteiger partial charge in [-0.25, -0.2) is 0 Å². The van der Waals surface area contributed by atoms with Crippen molar-refractivity contribution in [3.8, 4) is 0 Å². The molecule has 1 aromatic carbocycles. The minimum atomic E-state index is -0.307. The van der Waals surface area contributed by atoms with Gasteiger partial charge in [0, 0.05) is 18.5 Å². The average molecular weight is 366 g/mol. The van der Waals surface area contributed by atoms with Crippen molar-refractivity contribution < 1.29 is 14.0 Å². The van der Waals surface area contributed by atoms with Gasteiger partial charge in [0.1, 0.15) is 5.76 Å². The molecule has 1 fully saturated rings. The molecule has 1 amide bonds. The minimum absolute atomic E-state index is 0.0135. The third-order valence-corrected chi connectivity index (χ3v) is 5.47. The monoisotopic (exact) mass is 366 g/mol. The molecule has 2 aliphatic rings. The van der Waals surface area contributed by atoms with Crippen molar-refractivity contribution in [3.63, 3.8) is 0 Å². The molecule has 142 valence electrons. The quantitative estimate of drug-likeness (QED) is 0.810. The molecule has 3 heterocycles. The normalized spacial score (nSPS) is 22.2. The van der Waals surface area contributed by atoms with Crippen molar-refractivity contribution in [3.05, 3.63) is 59.5 Å². The molecule has 0 bridgehead atoms. The maximum absolute atomic E-state index is 13.1. The average Bonchev–Trinajstić information content (AvgIpc) is 3.31. The molecule has 1 aromatic heterocycles. The number of carbonyl (C=O) groups excluding carboxylic acids is 1. The van der Waals surface area contributed by atoms with Gasteiger partial charge in [0.25, 0.3) is 5.91 Å². The zero-order valence-electron chi connectivity index (χ0n) is 16.1. The Morgan fingerprint density at radius 2 is 2.00 bits per heavy atom. The van der Waals surface area contributed by atoms with E-state index in [-0.39, 0.29) is 23.5 Å². The number of carbonyl (C=O) groups is 1. The number of nitrogens with zero attached hydrogens (tertiary/aromatic N) is 2. The molecule has 2 atom stereocenters. The number of piperidine rings is 1. The second-order valence-corrected chi connectivity index (χ2v) is 8.41. The SMILES string of the molecule is CC(C)(C)c1ccc(C(=O)N2CCC[C@H]3C(Cc4ccco4)=NO[C@H]32)cc1. The number of furan rings is 1. The van der Waals surface area contributed by atoms with E-state index in [0.717, 1.165) is 24.3 Å². The van der Waals surface area contributed by atoms with Crippen molar-refractivity contribution in [2.75, 3.05) is 6.54 Å². The molecule has 0 aliphatic carbocycles. The maximum Gasteiger partial charge on any atom is 0.256 e. The van der Waals surface area contributed by atoms with E-state index in [2.05, 4.69) is 25.9 Å². The van der Waals surface area contributed by atoms with Crippen LogP contribution in [0.3, 0.4) is 0 Å². The molecule has 0 spiro atoms. The van der Waals surface area contributed by atoms with E-state index in [9.17, 15) is 4.79 Å². The molecule has 27 heavy (non-hydrogen) atoms. The van der Waals surface area contributed by atoms with Crippen LogP contribution in [0, 0.1) is 5.92 Å². The topological polar surface area (TPSA) is 55.0 Å². The Morgan fingerprint density at radius 3 is 2.67 bits per heavy atom. The van der Waals surface area contributed by atoms with Crippen LogP contribution in [0.2, 0.25) is 0 Å². The van der Waals surface area contributed by atoms with Gasteiger partial charge in [0.05, 0.1) is 17.9 Å². The number of rotatable bonds is 3. The fourth-order valence-electron chi connectivity index (χ4n) is 3.87. The molecule has 2 aliphatic heterocycles. The molecule has 0 unspecified atom stereocenters. The van der Waals surface area contributed by atoms with Crippen LogP contribution in [0.5, 0.6) is 0 Å². The predicted octanol–water partition coefficient (Wildman–Crippen LogP) is 4.38. The lowest BCUT2D eigenvalue weighted by Gasteiger charge is -2.35. The predicted molar refractivity (Wildman–Crippen MR) is 104 cm³/mol. The van der Waals surface area contributed by atoms with Crippen LogP contribution in [-0.2, 0) is 16.7 Å². The standard InChI is InChI=1S/C22H26N2O3/c1-22(2,3)16-10-8-15(9-11-16)20(25)24-12-4-7-18-19(23-27-21(18)24)14-17-6-5-13-26-17/h5-6,8-11,13,18,21H,4,7,12,14H2,1-3H3/t18-,21+/m0/s1. The van der Waals surface area contributed by atoms with Crippen LogP contribution in [0.1, 0.15) is 55.3 Å². The fraction of sp³-hybridized carbons (Fsp3) is 0.455. The summed E-state index contributed by atoms with van der Waals surface area (Å²) in [6.07, 6.45) is 3.93. The highest BCUT2D eigenvalue weighted by molar-refractivity contribution is 5.96. The van der Waals surface area contributed by atoms with E-state index in [1.54, 1.807) is 6.26 Å². The summed E-state index contributed by atoms with van der Waals surface area (Å²) in [5.41, 5.74) is 2.96. The van der Waals surface area contributed by atoms with Gasteiger partial charge in [0.2, 0.25) is 6.23 Å². The van der Waals surface area contributed by atoms with Crippen LogP contribution in [-0.4, -0.2) is 29.3 Å². The molecule has 2 aromatic rings. The number of benzene rings is 1. The zero-order valence-corrected chi connectivity index (χ0v) is 16.1. The van der Waals surface area contributed by atoms with Crippen molar-refractivity contribution in [1.29, 1.82) is 0 Å². The second-order valence-electron chi connectivity index (χ2n) is 8.41. The van der Waals surface area contributed by atoms with Crippen molar-refractivity contribution in [2.24, 2.45) is 11.1 Å². The summed E-state index contributed by atoms with van der Waals surface area (Å²) in [5, 5.41) is 4.29. The van der Waals surface area contributed by atoms with Gasteiger partial charge < -0.3 is 14.2 Å². The molecule has 0 N–H and O–H groups in total. The summed E-state index contributed by atoms with van der Waals surface area (Å²) in [6, 6.07) is 11.8. The highest BCUT2D eigenvalue weighted by atomic mass is 16.7. The first-order valence-electron chi connectivity index (χ1n) is 9.60. The van der Waals surface area contributed by atoms with Gasteiger partial charge in [-0.1, -0.05) is 38.1 Å². The lowest BCUT2D eigenvalue weighted by atomic mass is 9.86. The van der Waals surface area contributed by atoms with Gasteiger partial charge in [-0.3, -0.25) is 4.79 Å². The van der Waals surface area contributed by atoms with Crippen LogP contribution < -0.4 is 0 Å². The van der Waals surface area contributed by atoms with Crippen LogP contribution in [0.15, 0.2) is 52.2 Å². The molecule has 0 saturated carbocycles.